The summed E-state index contributed by atoms with van der Waals surface area (Å²) in [5.74, 6) is -0.948. The van der Waals surface area contributed by atoms with E-state index in [1.807, 2.05) is 49.2 Å². The van der Waals surface area contributed by atoms with Crippen molar-refractivity contribution in [1.82, 2.24) is 20.3 Å². The van der Waals surface area contributed by atoms with Crippen molar-refractivity contribution in [2.75, 3.05) is 26.7 Å². The average Bonchev–Trinajstić information content (AvgIpc) is 2.83. The molecule has 1 aromatic heterocycles. The minimum absolute atomic E-state index is 0.110. The van der Waals surface area contributed by atoms with Gasteiger partial charge in [-0.3, -0.25) is 19.7 Å². The van der Waals surface area contributed by atoms with Crippen LogP contribution in [0, 0.1) is 12.8 Å². The lowest BCUT2D eigenvalue weighted by Crippen LogP contribution is -2.60. The van der Waals surface area contributed by atoms with Crippen LogP contribution in [0.5, 0.6) is 5.88 Å². The molecule has 2 N–H and O–H groups in total. The number of piperidine rings is 1. The average molecular weight is 451 g/mol. The van der Waals surface area contributed by atoms with Crippen LogP contribution >= 0.6 is 0 Å². The highest BCUT2D eigenvalue weighted by atomic mass is 16.5. The van der Waals surface area contributed by atoms with Gasteiger partial charge in [-0.05, 0) is 49.6 Å². The summed E-state index contributed by atoms with van der Waals surface area (Å²) in [4.78, 5) is 33.9. The quantitative estimate of drug-likeness (QED) is 0.536. The maximum absolute atomic E-state index is 13.5. The van der Waals surface area contributed by atoms with Crippen molar-refractivity contribution < 1.29 is 19.5 Å². The zero-order chi connectivity index (χ0) is 23.4. The number of pyridine rings is 1. The van der Waals surface area contributed by atoms with Crippen LogP contribution in [0.2, 0.25) is 0 Å². The predicted molar refractivity (Wildman–Crippen MR) is 123 cm³/mol. The summed E-state index contributed by atoms with van der Waals surface area (Å²) in [5.41, 5.74) is 5.16. The Labute approximate surface area is 193 Å². The molecular formula is C25H30N4O4. The van der Waals surface area contributed by atoms with Crippen molar-refractivity contribution >= 4 is 17.4 Å². The Hall–Kier alpha value is -3.23. The van der Waals surface area contributed by atoms with E-state index in [4.69, 9.17) is 4.74 Å². The molecule has 1 saturated heterocycles. The minimum Gasteiger partial charge on any atom is -0.473 e. The third-order valence-corrected chi connectivity index (χ3v) is 6.41. The van der Waals surface area contributed by atoms with Gasteiger partial charge in [-0.1, -0.05) is 36.4 Å². The van der Waals surface area contributed by atoms with Crippen LogP contribution in [0.4, 0.5) is 0 Å². The summed E-state index contributed by atoms with van der Waals surface area (Å²) in [6.45, 7) is 3.51. The Morgan fingerprint density at radius 1 is 1.21 bits per heavy atom. The normalized spacial score (nSPS) is 23.5. The number of benzene rings is 1. The van der Waals surface area contributed by atoms with Gasteiger partial charge in [-0.15, -0.1) is 0 Å². The molecule has 1 fully saturated rings. The maximum atomic E-state index is 13.5. The van der Waals surface area contributed by atoms with Crippen molar-refractivity contribution in [2.24, 2.45) is 5.92 Å². The molecular weight excluding hydrogens is 420 g/mol. The topological polar surface area (TPSA) is 95.0 Å². The van der Waals surface area contributed by atoms with Crippen LogP contribution < -0.4 is 10.2 Å². The number of carbonyl (C=O) groups excluding carboxylic acids is 2. The second-order valence-corrected chi connectivity index (χ2v) is 8.74. The van der Waals surface area contributed by atoms with Crippen molar-refractivity contribution in [1.29, 1.82) is 0 Å². The van der Waals surface area contributed by atoms with Gasteiger partial charge in [-0.2, -0.15) is 0 Å². The fraction of sp³-hybridized carbons (Fsp3) is 0.400. The summed E-state index contributed by atoms with van der Waals surface area (Å²) in [7, 11) is 1.81. The fourth-order valence-electron chi connectivity index (χ4n) is 4.72. The fourth-order valence-corrected chi connectivity index (χ4v) is 4.72. The number of aromatic nitrogens is 1. The molecule has 2 aromatic rings. The van der Waals surface area contributed by atoms with Crippen LogP contribution in [0.15, 0.2) is 54.7 Å². The standard InChI is InChI=1S/C25H30N4O4/c1-17-8-11-26-22(14-17)33-20-15-21(24(30)27-32)23(28(2)16-20)25(31)29-12-9-19(10-13-29)18-6-4-3-5-7-18/h3-9,11,14,20-21,23,32H,10,12-13,15-16H2,1-2H3,(H,27,30). The number of amides is 2. The van der Waals surface area contributed by atoms with E-state index in [2.05, 4.69) is 23.2 Å². The molecule has 0 aliphatic carbocycles. The molecule has 3 unspecified atom stereocenters. The van der Waals surface area contributed by atoms with Gasteiger partial charge in [0.15, 0.2) is 0 Å². The highest BCUT2D eigenvalue weighted by Crippen LogP contribution is 2.29. The van der Waals surface area contributed by atoms with Crippen molar-refractivity contribution in [3.8, 4) is 5.88 Å². The summed E-state index contributed by atoms with van der Waals surface area (Å²) in [6, 6.07) is 13.2. The molecule has 2 amide bonds. The molecule has 3 atom stereocenters. The first-order chi connectivity index (χ1) is 16.0. The van der Waals surface area contributed by atoms with E-state index in [0.29, 0.717) is 31.9 Å². The Balaban J connectivity index is 1.47. The Morgan fingerprint density at radius 2 is 2.00 bits per heavy atom. The van der Waals surface area contributed by atoms with E-state index in [-0.39, 0.29) is 12.0 Å². The summed E-state index contributed by atoms with van der Waals surface area (Å²) >= 11 is 0. The van der Waals surface area contributed by atoms with Gasteiger partial charge in [0.1, 0.15) is 12.1 Å². The monoisotopic (exact) mass is 450 g/mol. The third-order valence-electron chi connectivity index (χ3n) is 6.41. The number of likely N-dealkylation sites (tertiary alicyclic amines) is 1. The first kappa shape index (κ1) is 22.9. The maximum Gasteiger partial charge on any atom is 0.248 e. The zero-order valence-corrected chi connectivity index (χ0v) is 19.0. The second-order valence-electron chi connectivity index (χ2n) is 8.74. The van der Waals surface area contributed by atoms with Crippen LogP contribution in [0.25, 0.3) is 5.57 Å². The molecule has 33 heavy (non-hydrogen) atoms. The van der Waals surface area contributed by atoms with E-state index < -0.39 is 17.9 Å². The van der Waals surface area contributed by atoms with E-state index >= 15 is 0 Å². The van der Waals surface area contributed by atoms with Crippen molar-refractivity contribution in [2.45, 2.75) is 31.9 Å². The lowest BCUT2D eigenvalue weighted by atomic mass is 9.86. The zero-order valence-electron chi connectivity index (χ0n) is 19.0. The molecule has 2 aliphatic rings. The van der Waals surface area contributed by atoms with Crippen molar-refractivity contribution in [3.63, 3.8) is 0 Å². The van der Waals surface area contributed by atoms with Gasteiger partial charge in [0.25, 0.3) is 0 Å². The molecule has 0 spiro atoms. The molecule has 3 heterocycles. The molecule has 174 valence electrons. The second kappa shape index (κ2) is 10.1. The van der Waals surface area contributed by atoms with Crippen LogP contribution in [0.1, 0.15) is 24.0 Å². The van der Waals surface area contributed by atoms with Gasteiger partial charge in [0, 0.05) is 31.9 Å². The van der Waals surface area contributed by atoms with E-state index in [1.165, 1.54) is 11.1 Å². The van der Waals surface area contributed by atoms with Gasteiger partial charge in [0.2, 0.25) is 17.7 Å². The molecule has 2 aliphatic heterocycles. The molecule has 0 radical (unpaired) electrons. The van der Waals surface area contributed by atoms with Crippen LogP contribution in [-0.4, -0.2) is 70.6 Å². The number of rotatable bonds is 5. The molecule has 1 aromatic carbocycles. The summed E-state index contributed by atoms with van der Waals surface area (Å²) in [6.07, 6.45) is 4.49. The number of carbonyl (C=O) groups is 2. The Kier molecular flexibility index (Phi) is 7.05. The lowest BCUT2D eigenvalue weighted by Gasteiger charge is -2.42. The van der Waals surface area contributed by atoms with Crippen LogP contribution in [-0.2, 0) is 9.59 Å². The smallest absolute Gasteiger partial charge is 0.248 e. The molecule has 8 nitrogen and oxygen atoms in total. The number of nitrogens with one attached hydrogen (secondary N) is 1. The number of hydrogen-bond acceptors (Lipinski definition) is 6. The molecule has 0 saturated carbocycles. The highest BCUT2D eigenvalue weighted by Gasteiger charge is 2.45. The van der Waals surface area contributed by atoms with Crippen molar-refractivity contribution in [3.05, 3.63) is 65.9 Å². The number of hydrogen-bond donors (Lipinski definition) is 2. The minimum atomic E-state index is -0.740. The number of aryl methyl sites for hydroxylation is 1. The van der Waals surface area contributed by atoms with E-state index in [9.17, 15) is 14.8 Å². The Bertz CT molecular complexity index is 1030. The SMILES string of the molecule is Cc1ccnc(OC2CC(C(=O)NO)C(C(=O)N3CC=C(c4ccccc4)CC3)N(C)C2)c1. The van der Waals surface area contributed by atoms with E-state index in [1.54, 1.807) is 16.6 Å². The van der Waals surface area contributed by atoms with Gasteiger partial charge >= 0.3 is 0 Å². The summed E-state index contributed by atoms with van der Waals surface area (Å²) < 4.78 is 6.02. The lowest BCUT2D eigenvalue weighted by molar-refractivity contribution is -0.151. The van der Waals surface area contributed by atoms with E-state index in [0.717, 1.165) is 12.0 Å². The van der Waals surface area contributed by atoms with Gasteiger partial charge < -0.3 is 9.64 Å². The predicted octanol–water partition coefficient (Wildman–Crippen LogP) is 2.28. The largest absolute Gasteiger partial charge is 0.473 e. The Morgan fingerprint density at radius 3 is 2.67 bits per heavy atom. The van der Waals surface area contributed by atoms with Gasteiger partial charge in [0.05, 0.1) is 5.92 Å². The molecule has 0 bridgehead atoms. The van der Waals surface area contributed by atoms with Gasteiger partial charge in [-0.25, -0.2) is 10.5 Å². The number of nitrogens with zero attached hydrogens (tertiary/aromatic N) is 3. The number of ether oxygens (including phenoxy) is 1. The first-order valence-corrected chi connectivity index (χ1v) is 11.2. The highest BCUT2D eigenvalue weighted by molar-refractivity contribution is 5.90. The summed E-state index contributed by atoms with van der Waals surface area (Å²) in [5, 5.41) is 9.35. The number of hydroxylamine groups is 1. The molecule has 8 heteroatoms. The number of likely N-dealkylation sites (N-methyl/N-ethyl adjacent to an activating group) is 1. The third kappa shape index (κ3) is 5.23. The molecule has 4 rings (SSSR count). The van der Waals surface area contributed by atoms with Crippen LogP contribution in [0.3, 0.4) is 0 Å². The first-order valence-electron chi connectivity index (χ1n) is 11.2.